The van der Waals surface area contributed by atoms with Crippen molar-refractivity contribution < 1.29 is 0 Å². The van der Waals surface area contributed by atoms with Crippen LogP contribution in [-0.4, -0.2) is 4.99 Å². The highest BCUT2D eigenvalue weighted by atomic mass is 35.5. The van der Waals surface area contributed by atoms with E-state index in [1.54, 1.807) is 0 Å². The lowest BCUT2D eigenvalue weighted by Crippen LogP contribution is -2.10. The van der Waals surface area contributed by atoms with Crippen LogP contribution in [0.25, 0.3) is 11.1 Å². The molecule has 2 aromatic carbocycles. The van der Waals surface area contributed by atoms with Crippen molar-refractivity contribution in [2.45, 2.75) is 0 Å². The van der Waals surface area contributed by atoms with E-state index in [2.05, 4.69) is 0 Å². The van der Waals surface area contributed by atoms with Crippen LogP contribution in [0.3, 0.4) is 0 Å². The summed E-state index contributed by atoms with van der Waals surface area (Å²) < 4.78 is 0. The van der Waals surface area contributed by atoms with E-state index in [1.165, 1.54) is 0 Å². The Morgan fingerprint density at radius 3 is 2.31 bits per heavy atom. The largest absolute Gasteiger partial charge is 0.389 e. The molecule has 2 rings (SSSR count). The molecule has 0 atom stereocenters. The van der Waals surface area contributed by atoms with Crippen molar-refractivity contribution in [3.63, 3.8) is 0 Å². The molecule has 0 saturated carbocycles. The minimum absolute atomic E-state index is 0.322. The van der Waals surface area contributed by atoms with Crippen LogP contribution in [0.5, 0.6) is 0 Å². The normalized spacial score (nSPS) is 10.1. The number of thiocarbonyl (C=S) groups is 1. The summed E-state index contributed by atoms with van der Waals surface area (Å²) in [6.45, 7) is 0. The van der Waals surface area contributed by atoms with E-state index in [-0.39, 0.29) is 0 Å². The number of rotatable bonds is 2. The standard InChI is InChI=1S/C13H10ClNS/c14-12-10(9-5-2-1-3-6-9)7-4-8-11(12)13(15)16/h1-8H,(H2,15,16). The molecular formula is C13H10ClNS. The maximum absolute atomic E-state index is 6.27. The highest BCUT2D eigenvalue weighted by Gasteiger charge is 2.08. The van der Waals surface area contributed by atoms with Crippen molar-refractivity contribution in [2.75, 3.05) is 0 Å². The van der Waals surface area contributed by atoms with Crippen LogP contribution >= 0.6 is 23.8 Å². The molecule has 0 bridgehead atoms. The van der Waals surface area contributed by atoms with Crippen LogP contribution in [-0.2, 0) is 0 Å². The summed E-state index contributed by atoms with van der Waals surface area (Å²) in [6.07, 6.45) is 0. The monoisotopic (exact) mass is 247 g/mol. The maximum Gasteiger partial charge on any atom is 0.105 e. The molecule has 80 valence electrons. The second-order valence-corrected chi connectivity index (χ2v) is 4.22. The van der Waals surface area contributed by atoms with E-state index in [1.807, 2.05) is 48.5 Å². The third-order valence-corrected chi connectivity index (χ3v) is 2.98. The number of benzene rings is 2. The van der Waals surface area contributed by atoms with Gasteiger partial charge in [-0.25, -0.2) is 0 Å². The summed E-state index contributed by atoms with van der Waals surface area (Å²) in [7, 11) is 0. The lowest BCUT2D eigenvalue weighted by Gasteiger charge is -2.08. The van der Waals surface area contributed by atoms with Gasteiger partial charge in [-0.3, -0.25) is 0 Å². The Kier molecular flexibility index (Phi) is 3.22. The van der Waals surface area contributed by atoms with E-state index < -0.39 is 0 Å². The van der Waals surface area contributed by atoms with E-state index >= 15 is 0 Å². The van der Waals surface area contributed by atoms with Gasteiger partial charge in [0.15, 0.2) is 0 Å². The first kappa shape index (κ1) is 11.1. The van der Waals surface area contributed by atoms with Gasteiger partial charge in [0.25, 0.3) is 0 Å². The number of nitrogens with two attached hydrogens (primary N) is 1. The Morgan fingerprint density at radius 1 is 1.00 bits per heavy atom. The zero-order valence-electron chi connectivity index (χ0n) is 8.48. The molecule has 0 radical (unpaired) electrons. The van der Waals surface area contributed by atoms with Crippen molar-refractivity contribution in [2.24, 2.45) is 5.73 Å². The molecule has 0 amide bonds. The van der Waals surface area contributed by atoms with E-state index in [0.29, 0.717) is 10.0 Å². The summed E-state index contributed by atoms with van der Waals surface area (Å²) in [6, 6.07) is 15.6. The lowest BCUT2D eigenvalue weighted by molar-refractivity contribution is 1.58. The maximum atomic E-state index is 6.27. The average molecular weight is 248 g/mol. The summed E-state index contributed by atoms with van der Waals surface area (Å²) in [5.41, 5.74) is 8.34. The fourth-order valence-electron chi connectivity index (χ4n) is 1.56. The first-order valence-electron chi connectivity index (χ1n) is 4.84. The summed E-state index contributed by atoms with van der Waals surface area (Å²) in [4.78, 5) is 0.322. The van der Waals surface area contributed by atoms with Gasteiger partial charge in [-0.2, -0.15) is 0 Å². The Labute approximate surface area is 105 Å². The number of halogens is 1. The van der Waals surface area contributed by atoms with Crippen LogP contribution in [0.1, 0.15) is 5.56 Å². The fraction of sp³-hybridized carbons (Fsp3) is 0. The zero-order chi connectivity index (χ0) is 11.5. The molecule has 0 fully saturated rings. The highest BCUT2D eigenvalue weighted by molar-refractivity contribution is 7.80. The molecule has 2 aromatic rings. The van der Waals surface area contributed by atoms with Gasteiger partial charge in [0.2, 0.25) is 0 Å². The van der Waals surface area contributed by atoms with Crippen molar-refractivity contribution in [3.8, 4) is 11.1 Å². The predicted octanol–water partition coefficient (Wildman–Crippen LogP) is 3.64. The molecule has 0 aliphatic carbocycles. The van der Waals surface area contributed by atoms with Gasteiger partial charge >= 0.3 is 0 Å². The SMILES string of the molecule is NC(=S)c1cccc(-c2ccccc2)c1Cl. The lowest BCUT2D eigenvalue weighted by atomic mass is 10.0. The quantitative estimate of drug-likeness (QED) is 0.820. The zero-order valence-corrected chi connectivity index (χ0v) is 10.1. The Balaban J connectivity index is 2.59. The smallest absolute Gasteiger partial charge is 0.105 e. The fourth-order valence-corrected chi connectivity index (χ4v) is 2.13. The molecule has 0 saturated heterocycles. The Morgan fingerprint density at radius 2 is 1.69 bits per heavy atom. The van der Waals surface area contributed by atoms with Crippen LogP contribution in [0.2, 0.25) is 5.02 Å². The second-order valence-electron chi connectivity index (χ2n) is 3.40. The minimum atomic E-state index is 0.322. The van der Waals surface area contributed by atoms with E-state index in [9.17, 15) is 0 Å². The topological polar surface area (TPSA) is 26.0 Å². The molecule has 0 aromatic heterocycles. The summed E-state index contributed by atoms with van der Waals surface area (Å²) >= 11 is 11.2. The van der Waals surface area contributed by atoms with Gasteiger partial charge in [0, 0.05) is 11.1 Å². The van der Waals surface area contributed by atoms with Gasteiger partial charge in [0.05, 0.1) is 5.02 Å². The number of hydrogen-bond donors (Lipinski definition) is 1. The van der Waals surface area contributed by atoms with Crippen LogP contribution < -0.4 is 5.73 Å². The molecule has 16 heavy (non-hydrogen) atoms. The molecule has 0 unspecified atom stereocenters. The third-order valence-electron chi connectivity index (χ3n) is 2.35. The summed E-state index contributed by atoms with van der Waals surface area (Å²) in [5.74, 6) is 0. The molecular weight excluding hydrogens is 238 g/mol. The molecule has 0 aliphatic heterocycles. The second kappa shape index (κ2) is 4.64. The predicted molar refractivity (Wildman–Crippen MR) is 72.8 cm³/mol. The van der Waals surface area contributed by atoms with Gasteiger partial charge in [-0.05, 0) is 5.56 Å². The minimum Gasteiger partial charge on any atom is -0.389 e. The average Bonchev–Trinajstić information content (AvgIpc) is 2.30. The van der Waals surface area contributed by atoms with Gasteiger partial charge in [0.1, 0.15) is 4.99 Å². The van der Waals surface area contributed by atoms with Gasteiger partial charge in [-0.1, -0.05) is 72.3 Å². The van der Waals surface area contributed by atoms with Crippen molar-refractivity contribution in [1.29, 1.82) is 0 Å². The van der Waals surface area contributed by atoms with Crippen LogP contribution in [0.15, 0.2) is 48.5 Å². The van der Waals surface area contributed by atoms with Crippen molar-refractivity contribution in [1.82, 2.24) is 0 Å². The molecule has 0 spiro atoms. The Hall–Kier alpha value is -1.38. The van der Waals surface area contributed by atoms with Crippen LogP contribution in [0, 0.1) is 0 Å². The summed E-state index contributed by atoms with van der Waals surface area (Å²) in [5, 5.41) is 0.612. The van der Waals surface area contributed by atoms with Gasteiger partial charge in [-0.15, -0.1) is 0 Å². The Bertz CT molecular complexity index is 523. The first-order chi connectivity index (χ1) is 7.70. The highest BCUT2D eigenvalue weighted by Crippen LogP contribution is 2.30. The van der Waals surface area contributed by atoms with E-state index in [4.69, 9.17) is 29.6 Å². The van der Waals surface area contributed by atoms with Crippen molar-refractivity contribution in [3.05, 3.63) is 59.1 Å². The molecule has 3 heteroatoms. The third kappa shape index (κ3) is 2.08. The number of hydrogen-bond acceptors (Lipinski definition) is 1. The molecule has 2 N–H and O–H groups in total. The molecule has 0 heterocycles. The molecule has 1 nitrogen and oxygen atoms in total. The van der Waals surface area contributed by atoms with Gasteiger partial charge < -0.3 is 5.73 Å². The molecule has 0 aliphatic rings. The first-order valence-corrected chi connectivity index (χ1v) is 5.62. The van der Waals surface area contributed by atoms with Crippen molar-refractivity contribution >= 4 is 28.8 Å². The van der Waals surface area contributed by atoms with Crippen LogP contribution in [0.4, 0.5) is 0 Å². The van der Waals surface area contributed by atoms with E-state index in [0.717, 1.165) is 16.7 Å².